The van der Waals surface area contributed by atoms with Gasteiger partial charge in [-0.1, -0.05) is 24.3 Å². The standard InChI is InChI=1S/C25H30F4N2O2/c1-15-5-6-18-19(24(15)32)13-22(33-21(18)7-10-30)16-8-11-31(12-9-16)14-17-3-2-4-20(23(17)26)25(27,28)29/h2-6,16,21-22,32H,7-14,30H2,1H3/t21-,22-/m0/s1. The van der Waals surface area contributed by atoms with Crippen molar-refractivity contribution in [2.45, 2.75) is 57.5 Å². The Morgan fingerprint density at radius 2 is 1.88 bits per heavy atom. The molecule has 2 aromatic rings. The first-order valence-corrected chi connectivity index (χ1v) is 11.4. The molecule has 0 saturated carbocycles. The Bertz CT molecular complexity index is 987. The lowest BCUT2D eigenvalue weighted by Gasteiger charge is -2.41. The van der Waals surface area contributed by atoms with Gasteiger partial charge in [-0.3, -0.25) is 4.90 Å². The molecule has 3 N–H and O–H groups in total. The van der Waals surface area contributed by atoms with Gasteiger partial charge in [-0.2, -0.15) is 13.2 Å². The first kappa shape index (κ1) is 24.0. The Hall–Kier alpha value is -2.16. The van der Waals surface area contributed by atoms with Crippen molar-refractivity contribution in [1.29, 1.82) is 0 Å². The maximum Gasteiger partial charge on any atom is 0.419 e. The number of hydrogen-bond donors (Lipinski definition) is 2. The number of nitrogens with zero attached hydrogens (tertiary/aromatic N) is 1. The molecule has 0 aromatic heterocycles. The number of aromatic hydroxyl groups is 1. The van der Waals surface area contributed by atoms with Crippen LogP contribution >= 0.6 is 0 Å². The third-order valence-corrected chi connectivity index (χ3v) is 6.98. The topological polar surface area (TPSA) is 58.7 Å². The highest BCUT2D eigenvalue weighted by Gasteiger charge is 2.37. The van der Waals surface area contributed by atoms with Gasteiger partial charge in [0.25, 0.3) is 0 Å². The van der Waals surface area contributed by atoms with E-state index in [2.05, 4.69) is 0 Å². The zero-order chi connectivity index (χ0) is 23.8. The van der Waals surface area contributed by atoms with E-state index in [0.717, 1.165) is 35.6 Å². The number of alkyl halides is 3. The Balaban J connectivity index is 1.43. The van der Waals surface area contributed by atoms with E-state index >= 15 is 0 Å². The third kappa shape index (κ3) is 5.03. The molecule has 0 bridgehead atoms. The summed E-state index contributed by atoms with van der Waals surface area (Å²) in [5.74, 6) is -0.615. The van der Waals surface area contributed by atoms with Crippen molar-refractivity contribution in [3.8, 4) is 5.75 Å². The van der Waals surface area contributed by atoms with Crippen LogP contribution in [0.25, 0.3) is 0 Å². The minimum absolute atomic E-state index is 0.0609. The van der Waals surface area contributed by atoms with Gasteiger partial charge in [0.2, 0.25) is 0 Å². The molecule has 0 amide bonds. The van der Waals surface area contributed by atoms with Gasteiger partial charge in [-0.05, 0) is 68.9 Å². The van der Waals surface area contributed by atoms with Crippen molar-refractivity contribution < 1.29 is 27.4 Å². The third-order valence-electron chi connectivity index (χ3n) is 6.98. The molecule has 2 aromatic carbocycles. The lowest BCUT2D eigenvalue weighted by molar-refractivity contribution is -0.140. The van der Waals surface area contributed by atoms with Crippen LogP contribution in [0, 0.1) is 18.7 Å². The smallest absolute Gasteiger partial charge is 0.419 e. The van der Waals surface area contributed by atoms with Gasteiger partial charge in [0.1, 0.15) is 11.6 Å². The number of aryl methyl sites for hydroxylation is 1. The number of fused-ring (bicyclic) bond motifs is 1. The van der Waals surface area contributed by atoms with E-state index in [0.29, 0.717) is 38.2 Å². The van der Waals surface area contributed by atoms with Gasteiger partial charge in [0.05, 0.1) is 17.8 Å². The molecule has 0 radical (unpaired) electrons. The van der Waals surface area contributed by atoms with Crippen molar-refractivity contribution in [3.63, 3.8) is 0 Å². The number of rotatable bonds is 5. The van der Waals surface area contributed by atoms with Crippen LogP contribution in [0.2, 0.25) is 0 Å². The predicted octanol–water partition coefficient (Wildman–Crippen LogP) is 5.10. The number of halogens is 4. The molecular formula is C25H30F4N2O2. The molecule has 0 aliphatic carbocycles. The summed E-state index contributed by atoms with van der Waals surface area (Å²) in [5.41, 5.74) is 7.40. The fraction of sp³-hybridized carbons (Fsp3) is 0.520. The number of phenolic OH excluding ortho intramolecular Hbond substituents is 1. The van der Waals surface area contributed by atoms with E-state index in [1.54, 1.807) is 0 Å². The Kier molecular flexibility index (Phi) is 6.98. The molecule has 1 saturated heterocycles. The van der Waals surface area contributed by atoms with E-state index in [9.17, 15) is 22.7 Å². The van der Waals surface area contributed by atoms with Gasteiger partial charge >= 0.3 is 6.18 Å². The summed E-state index contributed by atoms with van der Waals surface area (Å²) in [4.78, 5) is 1.99. The quantitative estimate of drug-likeness (QED) is 0.602. The van der Waals surface area contributed by atoms with Crippen LogP contribution in [0.5, 0.6) is 5.75 Å². The van der Waals surface area contributed by atoms with E-state index in [-0.39, 0.29) is 30.2 Å². The van der Waals surface area contributed by atoms with Gasteiger partial charge < -0.3 is 15.6 Å². The first-order valence-electron chi connectivity index (χ1n) is 11.4. The van der Waals surface area contributed by atoms with Crippen LogP contribution in [0.15, 0.2) is 30.3 Å². The second kappa shape index (κ2) is 9.60. The van der Waals surface area contributed by atoms with Crippen LogP contribution in [0.4, 0.5) is 17.6 Å². The number of phenols is 1. The summed E-state index contributed by atoms with van der Waals surface area (Å²) in [6.07, 6.45) is -2.05. The van der Waals surface area contributed by atoms with Crippen molar-refractivity contribution in [2.24, 2.45) is 11.7 Å². The number of piperidine rings is 1. The van der Waals surface area contributed by atoms with Crippen LogP contribution in [-0.2, 0) is 23.9 Å². The second-order valence-electron chi connectivity index (χ2n) is 9.13. The molecule has 33 heavy (non-hydrogen) atoms. The summed E-state index contributed by atoms with van der Waals surface area (Å²) >= 11 is 0. The zero-order valence-electron chi connectivity index (χ0n) is 18.7. The highest BCUT2D eigenvalue weighted by atomic mass is 19.4. The van der Waals surface area contributed by atoms with E-state index in [1.807, 2.05) is 24.0 Å². The van der Waals surface area contributed by atoms with E-state index in [4.69, 9.17) is 10.5 Å². The van der Waals surface area contributed by atoms with Crippen LogP contribution < -0.4 is 5.73 Å². The molecule has 0 unspecified atom stereocenters. The summed E-state index contributed by atoms with van der Waals surface area (Å²) in [5, 5.41) is 10.6. The molecule has 0 spiro atoms. The number of nitrogens with two attached hydrogens (primary N) is 1. The molecule has 4 nitrogen and oxygen atoms in total. The molecule has 180 valence electrons. The number of hydrogen-bond acceptors (Lipinski definition) is 4. The second-order valence-corrected chi connectivity index (χ2v) is 9.13. The highest BCUT2D eigenvalue weighted by Crippen LogP contribution is 2.42. The van der Waals surface area contributed by atoms with Crippen molar-refractivity contribution in [1.82, 2.24) is 4.90 Å². The van der Waals surface area contributed by atoms with Crippen LogP contribution in [-0.4, -0.2) is 35.7 Å². The zero-order valence-corrected chi connectivity index (χ0v) is 18.7. The van der Waals surface area contributed by atoms with Gasteiger partial charge in [-0.25, -0.2) is 4.39 Å². The van der Waals surface area contributed by atoms with Gasteiger partial charge in [0.15, 0.2) is 0 Å². The summed E-state index contributed by atoms with van der Waals surface area (Å²) in [6, 6.07) is 7.35. The largest absolute Gasteiger partial charge is 0.507 e. The minimum atomic E-state index is -4.70. The molecule has 8 heteroatoms. The molecule has 2 heterocycles. The Morgan fingerprint density at radius 1 is 1.15 bits per heavy atom. The predicted molar refractivity (Wildman–Crippen MR) is 117 cm³/mol. The lowest BCUT2D eigenvalue weighted by atomic mass is 9.82. The fourth-order valence-corrected chi connectivity index (χ4v) is 5.12. The maximum absolute atomic E-state index is 14.4. The van der Waals surface area contributed by atoms with Crippen LogP contribution in [0.3, 0.4) is 0 Å². The average molecular weight is 467 g/mol. The SMILES string of the molecule is Cc1ccc2c(c1O)C[C@@H](C1CCN(Cc3cccc(C(F)(F)F)c3F)CC1)O[C@H]2CCN. The fourth-order valence-electron chi connectivity index (χ4n) is 5.12. The number of likely N-dealkylation sites (tertiary alicyclic amines) is 1. The van der Waals surface area contributed by atoms with E-state index in [1.165, 1.54) is 12.1 Å². The monoisotopic (exact) mass is 466 g/mol. The maximum atomic E-state index is 14.4. The molecule has 2 aliphatic heterocycles. The Labute approximate surface area is 191 Å². The number of benzene rings is 2. The molecule has 4 rings (SSSR count). The lowest BCUT2D eigenvalue weighted by Crippen LogP contribution is -2.41. The molecule has 1 fully saturated rings. The molecule has 2 aliphatic rings. The summed E-state index contributed by atoms with van der Waals surface area (Å²) < 4.78 is 59.9. The van der Waals surface area contributed by atoms with Crippen molar-refractivity contribution in [3.05, 3.63) is 64.0 Å². The van der Waals surface area contributed by atoms with Gasteiger partial charge in [0, 0.05) is 24.1 Å². The van der Waals surface area contributed by atoms with Crippen molar-refractivity contribution in [2.75, 3.05) is 19.6 Å². The Morgan fingerprint density at radius 3 is 2.55 bits per heavy atom. The average Bonchev–Trinajstić information content (AvgIpc) is 2.78. The van der Waals surface area contributed by atoms with E-state index < -0.39 is 17.6 Å². The molecular weight excluding hydrogens is 436 g/mol. The summed E-state index contributed by atoms with van der Waals surface area (Å²) in [6.45, 7) is 3.80. The minimum Gasteiger partial charge on any atom is -0.507 e. The van der Waals surface area contributed by atoms with Gasteiger partial charge in [-0.15, -0.1) is 0 Å². The van der Waals surface area contributed by atoms with Crippen molar-refractivity contribution >= 4 is 0 Å². The highest BCUT2D eigenvalue weighted by molar-refractivity contribution is 5.47. The number of ether oxygens (including phenoxy) is 1. The first-order chi connectivity index (χ1) is 15.7. The van der Waals surface area contributed by atoms with Crippen LogP contribution in [0.1, 0.15) is 53.2 Å². The molecule has 2 atom stereocenters. The summed E-state index contributed by atoms with van der Waals surface area (Å²) in [7, 11) is 0. The normalized spacial score (nSPS) is 22.4.